The van der Waals surface area contributed by atoms with Crippen LogP contribution in [0.5, 0.6) is 5.75 Å². The summed E-state index contributed by atoms with van der Waals surface area (Å²) in [5.41, 5.74) is 1.92. The first-order chi connectivity index (χ1) is 11.8. The monoisotopic (exact) mass is 354 g/mol. The summed E-state index contributed by atoms with van der Waals surface area (Å²) in [6.45, 7) is 0.553. The zero-order chi connectivity index (χ0) is 16.5. The van der Waals surface area contributed by atoms with Gasteiger partial charge in [0.2, 0.25) is 0 Å². The molecule has 0 bridgehead atoms. The van der Waals surface area contributed by atoms with Gasteiger partial charge in [-0.15, -0.1) is 22.7 Å². The van der Waals surface area contributed by atoms with Crippen molar-refractivity contribution in [3.05, 3.63) is 68.7 Å². The van der Waals surface area contributed by atoms with Crippen LogP contribution in [-0.2, 0) is 6.54 Å². The number of hydrogen-bond donors (Lipinski definition) is 0. The highest BCUT2D eigenvalue weighted by Crippen LogP contribution is 2.31. The normalized spacial score (nSPS) is 11.0. The molecular weight excluding hydrogens is 340 g/mol. The molecule has 1 aromatic carbocycles. The molecule has 24 heavy (non-hydrogen) atoms. The van der Waals surface area contributed by atoms with Gasteiger partial charge >= 0.3 is 0 Å². The molecule has 120 valence electrons. The molecule has 3 heterocycles. The number of rotatable bonds is 4. The van der Waals surface area contributed by atoms with Gasteiger partial charge in [-0.1, -0.05) is 18.2 Å². The van der Waals surface area contributed by atoms with E-state index in [0.29, 0.717) is 11.9 Å². The van der Waals surface area contributed by atoms with Crippen LogP contribution in [0.15, 0.2) is 58.3 Å². The fourth-order valence-corrected chi connectivity index (χ4v) is 4.24. The lowest BCUT2D eigenvalue weighted by Crippen LogP contribution is -2.20. The summed E-state index contributed by atoms with van der Waals surface area (Å²) in [6, 6.07) is 11.8. The Bertz CT molecular complexity index is 1030. The maximum atomic E-state index is 12.9. The fraction of sp³-hybridized carbons (Fsp3) is 0.111. The average Bonchev–Trinajstić information content (AvgIpc) is 3.27. The molecule has 0 unspecified atom stereocenters. The minimum atomic E-state index is 0.000433. The Morgan fingerprint density at radius 1 is 1.17 bits per heavy atom. The molecule has 0 aliphatic carbocycles. The third-order valence-corrected chi connectivity index (χ3v) is 5.62. The highest BCUT2D eigenvalue weighted by Gasteiger charge is 2.13. The molecule has 4 nitrogen and oxygen atoms in total. The number of hydrogen-bond acceptors (Lipinski definition) is 5. The zero-order valence-electron chi connectivity index (χ0n) is 12.9. The summed E-state index contributed by atoms with van der Waals surface area (Å²) in [5.74, 6) is 0.798. The van der Waals surface area contributed by atoms with E-state index in [-0.39, 0.29) is 5.56 Å². The number of thiophene rings is 2. The maximum Gasteiger partial charge on any atom is 0.263 e. The molecule has 6 heteroatoms. The van der Waals surface area contributed by atoms with Crippen molar-refractivity contribution < 1.29 is 4.74 Å². The van der Waals surface area contributed by atoms with Crippen LogP contribution in [0.1, 0.15) is 4.88 Å². The molecule has 0 aliphatic rings. The number of fused-ring (bicyclic) bond motifs is 1. The van der Waals surface area contributed by atoms with Gasteiger partial charge in [-0.25, -0.2) is 4.98 Å². The molecule has 0 saturated heterocycles. The predicted molar refractivity (Wildman–Crippen MR) is 99.3 cm³/mol. The lowest BCUT2D eigenvalue weighted by Gasteiger charge is -2.05. The van der Waals surface area contributed by atoms with Gasteiger partial charge in [-0.3, -0.25) is 9.36 Å². The van der Waals surface area contributed by atoms with Crippen molar-refractivity contribution in [3.63, 3.8) is 0 Å². The van der Waals surface area contributed by atoms with Crippen molar-refractivity contribution in [1.29, 1.82) is 0 Å². The van der Waals surface area contributed by atoms with Gasteiger partial charge < -0.3 is 4.74 Å². The predicted octanol–water partition coefficient (Wildman–Crippen LogP) is 4.24. The van der Waals surface area contributed by atoms with Gasteiger partial charge in [0.05, 0.1) is 25.4 Å². The van der Waals surface area contributed by atoms with E-state index in [1.54, 1.807) is 29.3 Å². The SMILES string of the molecule is COc1ccc(-c2csc3ncn(Cc4cccs4)c(=O)c23)cc1. The zero-order valence-corrected chi connectivity index (χ0v) is 14.6. The van der Waals surface area contributed by atoms with Crippen LogP contribution in [0.25, 0.3) is 21.3 Å². The van der Waals surface area contributed by atoms with E-state index in [1.807, 2.05) is 47.2 Å². The molecule has 3 aromatic heterocycles. The second-order valence-corrected chi connectivity index (χ2v) is 7.21. The number of benzene rings is 1. The van der Waals surface area contributed by atoms with Gasteiger partial charge in [0.1, 0.15) is 10.6 Å². The standard InChI is InChI=1S/C18H14N2O2S2/c1-22-13-6-4-12(5-7-13)15-10-24-17-16(15)18(21)20(11-19-17)9-14-3-2-8-23-14/h2-8,10-11H,9H2,1H3. The van der Waals surface area contributed by atoms with E-state index in [2.05, 4.69) is 4.98 Å². The third-order valence-electron chi connectivity index (χ3n) is 3.87. The summed E-state index contributed by atoms with van der Waals surface area (Å²) >= 11 is 3.14. The largest absolute Gasteiger partial charge is 0.497 e. The van der Waals surface area contributed by atoms with Crippen molar-refractivity contribution in [3.8, 4) is 16.9 Å². The van der Waals surface area contributed by atoms with E-state index in [9.17, 15) is 4.79 Å². The van der Waals surface area contributed by atoms with Crippen LogP contribution < -0.4 is 10.3 Å². The van der Waals surface area contributed by atoms with Crippen LogP contribution in [-0.4, -0.2) is 16.7 Å². The van der Waals surface area contributed by atoms with Crippen molar-refractivity contribution >= 4 is 32.9 Å². The second-order valence-electron chi connectivity index (χ2n) is 5.32. The quantitative estimate of drug-likeness (QED) is 0.550. The summed E-state index contributed by atoms with van der Waals surface area (Å²) in [4.78, 5) is 19.3. The summed E-state index contributed by atoms with van der Waals surface area (Å²) in [6.07, 6.45) is 1.64. The molecule has 0 radical (unpaired) electrons. The Morgan fingerprint density at radius 2 is 2.00 bits per heavy atom. The molecule has 0 aliphatic heterocycles. The highest BCUT2D eigenvalue weighted by atomic mass is 32.1. The smallest absolute Gasteiger partial charge is 0.263 e. The average molecular weight is 354 g/mol. The summed E-state index contributed by atoms with van der Waals surface area (Å²) < 4.78 is 6.88. The van der Waals surface area contributed by atoms with E-state index in [0.717, 1.165) is 26.6 Å². The van der Waals surface area contributed by atoms with Crippen molar-refractivity contribution in [2.24, 2.45) is 0 Å². The van der Waals surface area contributed by atoms with E-state index < -0.39 is 0 Å². The van der Waals surface area contributed by atoms with Crippen LogP contribution in [0, 0.1) is 0 Å². The fourth-order valence-electron chi connectivity index (χ4n) is 2.63. The van der Waals surface area contributed by atoms with E-state index in [4.69, 9.17) is 4.74 Å². The van der Waals surface area contributed by atoms with Crippen LogP contribution >= 0.6 is 22.7 Å². The van der Waals surface area contributed by atoms with Crippen LogP contribution in [0.2, 0.25) is 0 Å². The third kappa shape index (κ3) is 2.64. The summed E-state index contributed by atoms with van der Waals surface area (Å²) in [5, 5.41) is 4.69. The van der Waals surface area contributed by atoms with Gasteiger partial charge in [0.25, 0.3) is 5.56 Å². The minimum absolute atomic E-state index is 0.000433. The Morgan fingerprint density at radius 3 is 2.71 bits per heavy atom. The molecule has 0 saturated carbocycles. The van der Waals surface area contributed by atoms with Gasteiger partial charge in [-0.2, -0.15) is 0 Å². The minimum Gasteiger partial charge on any atom is -0.497 e. The molecule has 0 atom stereocenters. The molecule has 0 spiro atoms. The number of nitrogens with zero attached hydrogens (tertiary/aromatic N) is 2. The molecule has 4 aromatic rings. The molecule has 0 N–H and O–H groups in total. The summed E-state index contributed by atoms with van der Waals surface area (Å²) in [7, 11) is 1.64. The number of aromatic nitrogens is 2. The second kappa shape index (κ2) is 6.22. The van der Waals surface area contributed by atoms with Crippen molar-refractivity contribution in [2.75, 3.05) is 7.11 Å². The van der Waals surface area contributed by atoms with Crippen LogP contribution in [0.4, 0.5) is 0 Å². The lowest BCUT2D eigenvalue weighted by molar-refractivity contribution is 0.415. The first-order valence-electron chi connectivity index (χ1n) is 7.39. The van der Waals surface area contributed by atoms with Crippen molar-refractivity contribution in [2.45, 2.75) is 6.54 Å². The topological polar surface area (TPSA) is 44.1 Å². The Kier molecular flexibility index (Phi) is 3.92. The van der Waals surface area contributed by atoms with E-state index in [1.165, 1.54) is 11.3 Å². The highest BCUT2D eigenvalue weighted by molar-refractivity contribution is 7.17. The molecular formula is C18H14N2O2S2. The van der Waals surface area contributed by atoms with Gasteiger partial charge in [-0.05, 0) is 29.1 Å². The van der Waals surface area contributed by atoms with Crippen molar-refractivity contribution in [1.82, 2.24) is 9.55 Å². The first-order valence-corrected chi connectivity index (χ1v) is 9.15. The molecule has 0 fully saturated rings. The Balaban J connectivity index is 1.83. The lowest BCUT2D eigenvalue weighted by atomic mass is 10.1. The van der Waals surface area contributed by atoms with Crippen LogP contribution in [0.3, 0.4) is 0 Å². The van der Waals surface area contributed by atoms with E-state index >= 15 is 0 Å². The Labute approximate surface area is 146 Å². The number of methoxy groups -OCH3 is 1. The molecule has 0 amide bonds. The van der Waals surface area contributed by atoms with Gasteiger partial charge in [0.15, 0.2) is 0 Å². The maximum absolute atomic E-state index is 12.9. The van der Waals surface area contributed by atoms with Gasteiger partial charge in [0, 0.05) is 15.8 Å². The first kappa shape index (κ1) is 15.1. The molecule has 4 rings (SSSR count). The number of ether oxygens (including phenoxy) is 1. The Hall–Kier alpha value is -2.44.